The lowest BCUT2D eigenvalue weighted by molar-refractivity contribution is -0.141. The second kappa shape index (κ2) is 6.70. The third-order valence-electron chi connectivity index (χ3n) is 1.11. The summed E-state index contributed by atoms with van der Waals surface area (Å²) in [4.78, 5) is 21.4. The van der Waals surface area contributed by atoms with Crippen LogP contribution in [0.2, 0.25) is 0 Å². The fourth-order valence-electron chi connectivity index (χ4n) is 0.563. The van der Waals surface area contributed by atoms with Crippen molar-refractivity contribution in [2.24, 2.45) is 10.8 Å². The van der Waals surface area contributed by atoms with Crippen molar-refractivity contribution < 1.29 is 19.1 Å². The molecule has 7 nitrogen and oxygen atoms in total. The number of ether oxygens (including phenoxy) is 2. The quantitative estimate of drug-likeness (QED) is 0.279. The highest BCUT2D eigenvalue weighted by Crippen LogP contribution is 1.86. The molecule has 7 heteroatoms. The summed E-state index contributed by atoms with van der Waals surface area (Å²) in [6.07, 6.45) is -0.922. The number of esters is 1. The molecule has 0 spiro atoms. The molecule has 0 aromatic carbocycles. The number of hydrogen-bond acceptors (Lipinski definition) is 5. The molecule has 0 aliphatic heterocycles. The van der Waals surface area contributed by atoms with E-state index in [0.717, 1.165) is 0 Å². The Morgan fingerprint density at radius 2 is 2.14 bits per heavy atom. The number of amidine groups is 1. The maximum absolute atomic E-state index is 10.8. The first-order valence-electron chi connectivity index (χ1n) is 3.91. The molecule has 3 N–H and O–H groups in total. The van der Waals surface area contributed by atoms with Crippen LogP contribution in [0.15, 0.2) is 5.10 Å². The van der Waals surface area contributed by atoms with Crippen LogP contribution in [-0.4, -0.2) is 31.6 Å². The summed E-state index contributed by atoms with van der Waals surface area (Å²) in [5.74, 6) is -0.547. The van der Waals surface area contributed by atoms with E-state index < -0.39 is 12.1 Å². The van der Waals surface area contributed by atoms with Gasteiger partial charge in [0.2, 0.25) is 0 Å². The molecular formula is C7H13N3O4. The van der Waals surface area contributed by atoms with Gasteiger partial charge in [-0.3, -0.25) is 4.79 Å². The van der Waals surface area contributed by atoms with Gasteiger partial charge in [-0.2, -0.15) is 5.10 Å². The van der Waals surface area contributed by atoms with Gasteiger partial charge in [-0.15, -0.1) is 0 Å². The van der Waals surface area contributed by atoms with E-state index in [2.05, 4.69) is 14.6 Å². The zero-order chi connectivity index (χ0) is 11.0. The zero-order valence-electron chi connectivity index (χ0n) is 8.07. The summed E-state index contributed by atoms with van der Waals surface area (Å²) in [7, 11) is 1.19. The molecule has 0 saturated carbocycles. The number of hydrogen-bond donors (Lipinski definition) is 2. The highest BCUT2D eigenvalue weighted by Gasteiger charge is 2.05. The average Bonchev–Trinajstić information content (AvgIpc) is 2.14. The van der Waals surface area contributed by atoms with E-state index in [9.17, 15) is 9.59 Å². The van der Waals surface area contributed by atoms with Crippen molar-refractivity contribution in [3.63, 3.8) is 0 Å². The molecule has 80 valence electrons. The minimum atomic E-state index is -0.753. The topological polar surface area (TPSA) is 103 Å². The normalized spacial score (nSPS) is 10.6. The molecule has 14 heavy (non-hydrogen) atoms. The Balaban J connectivity index is 3.88. The van der Waals surface area contributed by atoms with E-state index in [1.165, 1.54) is 7.11 Å². The number of hydrazone groups is 1. The van der Waals surface area contributed by atoms with Gasteiger partial charge >= 0.3 is 12.1 Å². The fourth-order valence-corrected chi connectivity index (χ4v) is 0.563. The second-order valence-electron chi connectivity index (χ2n) is 2.19. The Kier molecular flexibility index (Phi) is 5.84. The Bertz CT molecular complexity index is 239. The fraction of sp³-hybridized carbons (Fsp3) is 0.571. The van der Waals surface area contributed by atoms with Gasteiger partial charge in [-0.25, -0.2) is 10.2 Å². The third kappa shape index (κ3) is 5.81. The minimum Gasteiger partial charge on any atom is -0.466 e. The molecule has 0 fully saturated rings. The lowest BCUT2D eigenvalue weighted by Gasteiger charge is -2.01. The van der Waals surface area contributed by atoms with Gasteiger partial charge in [-0.05, 0) is 6.92 Å². The van der Waals surface area contributed by atoms with Crippen molar-refractivity contribution in [1.29, 1.82) is 0 Å². The van der Waals surface area contributed by atoms with Gasteiger partial charge in [0, 0.05) is 0 Å². The third-order valence-corrected chi connectivity index (χ3v) is 1.11. The maximum atomic E-state index is 10.8. The Morgan fingerprint density at radius 3 is 2.64 bits per heavy atom. The number of carbonyl (C=O) groups excluding carboxylic acids is 2. The van der Waals surface area contributed by atoms with Crippen molar-refractivity contribution in [2.75, 3.05) is 13.7 Å². The molecule has 1 amide bonds. The maximum Gasteiger partial charge on any atom is 0.427 e. The van der Waals surface area contributed by atoms with E-state index >= 15 is 0 Å². The van der Waals surface area contributed by atoms with E-state index in [-0.39, 0.29) is 18.9 Å². The molecule has 0 atom stereocenters. The molecule has 0 aromatic heterocycles. The van der Waals surface area contributed by atoms with Crippen LogP contribution in [0.1, 0.15) is 13.3 Å². The van der Waals surface area contributed by atoms with Gasteiger partial charge in [0.1, 0.15) is 12.3 Å². The molecule has 0 saturated heterocycles. The smallest absolute Gasteiger partial charge is 0.427 e. The molecule has 0 aliphatic carbocycles. The number of nitrogens with one attached hydrogen (secondary N) is 1. The number of carbonyl (C=O) groups is 2. The lowest BCUT2D eigenvalue weighted by Crippen LogP contribution is -2.25. The zero-order valence-corrected chi connectivity index (χ0v) is 8.07. The Morgan fingerprint density at radius 1 is 1.50 bits per heavy atom. The summed E-state index contributed by atoms with van der Waals surface area (Å²) in [6.45, 7) is 1.95. The van der Waals surface area contributed by atoms with Crippen LogP contribution in [0.4, 0.5) is 4.79 Å². The van der Waals surface area contributed by atoms with Crippen LogP contribution in [0.25, 0.3) is 0 Å². The molecular weight excluding hydrogens is 190 g/mol. The first-order chi connectivity index (χ1) is 6.60. The highest BCUT2D eigenvalue weighted by atomic mass is 16.5. The Hall–Kier alpha value is -1.79. The standard InChI is InChI=1S/C7H13N3O4/c1-3-14-6(11)4-5(8)9-10-7(12)13-2/h3-4H2,1-2H3,(H2,8,9)(H,10,12). The number of amides is 1. The largest absolute Gasteiger partial charge is 0.466 e. The van der Waals surface area contributed by atoms with Gasteiger partial charge in [0.15, 0.2) is 0 Å². The molecule has 0 aromatic rings. The molecule has 0 heterocycles. The van der Waals surface area contributed by atoms with Crippen molar-refractivity contribution in [3.8, 4) is 0 Å². The van der Waals surface area contributed by atoms with Gasteiger partial charge in [-0.1, -0.05) is 0 Å². The number of nitrogens with two attached hydrogens (primary N) is 1. The van der Waals surface area contributed by atoms with Gasteiger partial charge in [0.25, 0.3) is 0 Å². The first-order valence-corrected chi connectivity index (χ1v) is 3.91. The van der Waals surface area contributed by atoms with Crippen molar-refractivity contribution >= 4 is 17.9 Å². The molecule has 0 aliphatic rings. The van der Waals surface area contributed by atoms with Crippen LogP contribution in [0, 0.1) is 0 Å². The molecule has 0 rings (SSSR count). The van der Waals surface area contributed by atoms with Crippen LogP contribution in [0.3, 0.4) is 0 Å². The summed E-state index contributed by atoms with van der Waals surface area (Å²) in [5, 5.41) is 3.39. The molecule has 0 bridgehead atoms. The number of rotatable bonds is 4. The van der Waals surface area contributed by atoms with Crippen molar-refractivity contribution in [3.05, 3.63) is 0 Å². The van der Waals surface area contributed by atoms with E-state index in [4.69, 9.17) is 5.73 Å². The monoisotopic (exact) mass is 203 g/mol. The van der Waals surface area contributed by atoms with Crippen molar-refractivity contribution in [1.82, 2.24) is 5.43 Å². The van der Waals surface area contributed by atoms with Crippen LogP contribution < -0.4 is 11.2 Å². The van der Waals surface area contributed by atoms with E-state index in [0.29, 0.717) is 0 Å². The molecule has 0 unspecified atom stereocenters. The van der Waals surface area contributed by atoms with Crippen LogP contribution >= 0.6 is 0 Å². The van der Waals surface area contributed by atoms with Gasteiger partial charge in [0.05, 0.1) is 13.7 Å². The SMILES string of the molecule is CCOC(=O)C/C(N)=N/NC(=O)OC. The minimum absolute atomic E-state index is 0.0474. The number of nitrogens with zero attached hydrogens (tertiary/aromatic N) is 1. The van der Waals surface area contributed by atoms with Gasteiger partial charge < -0.3 is 15.2 Å². The summed E-state index contributed by atoms with van der Waals surface area (Å²) in [5.41, 5.74) is 7.26. The van der Waals surface area contributed by atoms with E-state index in [1.54, 1.807) is 6.92 Å². The van der Waals surface area contributed by atoms with Crippen LogP contribution in [0.5, 0.6) is 0 Å². The summed E-state index contributed by atoms with van der Waals surface area (Å²) in [6, 6.07) is 0. The summed E-state index contributed by atoms with van der Waals surface area (Å²) >= 11 is 0. The Labute approximate surface area is 81.2 Å². The lowest BCUT2D eigenvalue weighted by atomic mass is 10.4. The first kappa shape index (κ1) is 12.2. The predicted octanol–water partition coefficient (Wildman–Crippen LogP) is -0.432. The predicted molar refractivity (Wildman–Crippen MR) is 48.4 cm³/mol. The van der Waals surface area contributed by atoms with E-state index in [1.807, 2.05) is 5.43 Å². The second-order valence-corrected chi connectivity index (χ2v) is 2.19. The number of methoxy groups -OCH3 is 1. The van der Waals surface area contributed by atoms with Crippen LogP contribution in [-0.2, 0) is 14.3 Å². The molecule has 0 radical (unpaired) electrons. The average molecular weight is 203 g/mol. The highest BCUT2D eigenvalue weighted by molar-refractivity contribution is 5.96. The van der Waals surface area contributed by atoms with Crippen molar-refractivity contribution in [2.45, 2.75) is 13.3 Å². The summed E-state index contributed by atoms with van der Waals surface area (Å²) < 4.78 is 8.83.